The lowest BCUT2D eigenvalue weighted by atomic mass is 9.81. The number of carbonyl (C=O) groups excluding carboxylic acids is 1. The SMILES string of the molecule is O=CN1CC2(CCN2)C1. The molecule has 0 aromatic heterocycles. The highest BCUT2D eigenvalue weighted by molar-refractivity contribution is 5.50. The van der Waals surface area contributed by atoms with Gasteiger partial charge in [0, 0.05) is 13.1 Å². The zero-order chi connectivity index (χ0) is 6.32. The van der Waals surface area contributed by atoms with Gasteiger partial charge in [0.2, 0.25) is 6.41 Å². The van der Waals surface area contributed by atoms with Gasteiger partial charge in [0.05, 0.1) is 5.54 Å². The van der Waals surface area contributed by atoms with Crippen molar-refractivity contribution < 1.29 is 4.79 Å². The van der Waals surface area contributed by atoms with E-state index >= 15 is 0 Å². The summed E-state index contributed by atoms with van der Waals surface area (Å²) in [6, 6.07) is 0. The summed E-state index contributed by atoms with van der Waals surface area (Å²) in [4.78, 5) is 11.9. The number of carbonyl (C=O) groups is 1. The van der Waals surface area contributed by atoms with E-state index in [4.69, 9.17) is 0 Å². The monoisotopic (exact) mass is 126 g/mol. The van der Waals surface area contributed by atoms with Crippen molar-refractivity contribution in [3.8, 4) is 0 Å². The van der Waals surface area contributed by atoms with Gasteiger partial charge in [-0.2, -0.15) is 0 Å². The summed E-state index contributed by atoms with van der Waals surface area (Å²) in [5.74, 6) is 0. The van der Waals surface area contributed by atoms with Crippen molar-refractivity contribution in [3.05, 3.63) is 0 Å². The third-order valence-electron chi connectivity index (χ3n) is 2.26. The Bertz CT molecular complexity index is 134. The average Bonchev–Trinajstić information content (AvgIpc) is 1.59. The fourth-order valence-electron chi connectivity index (χ4n) is 1.55. The normalized spacial score (nSPS) is 29.1. The Morgan fingerprint density at radius 2 is 2.22 bits per heavy atom. The first-order valence-corrected chi connectivity index (χ1v) is 3.29. The molecule has 0 saturated carbocycles. The third-order valence-corrected chi connectivity index (χ3v) is 2.26. The number of hydrogen-bond donors (Lipinski definition) is 1. The first-order valence-electron chi connectivity index (χ1n) is 3.29. The maximum atomic E-state index is 10.1. The van der Waals surface area contributed by atoms with Crippen LogP contribution in [0.25, 0.3) is 0 Å². The van der Waals surface area contributed by atoms with Crippen molar-refractivity contribution in [3.63, 3.8) is 0 Å². The molecular formula is C6H10N2O. The van der Waals surface area contributed by atoms with Crippen LogP contribution in [-0.2, 0) is 4.79 Å². The molecule has 2 heterocycles. The fraction of sp³-hybridized carbons (Fsp3) is 0.833. The van der Waals surface area contributed by atoms with Crippen molar-refractivity contribution in [2.45, 2.75) is 12.0 Å². The minimum atomic E-state index is 0.362. The number of rotatable bonds is 1. The van der Waals surface area contributed by atoms with Crippen molar-refractivity contribution in [1.82, 2.24) is 10.2 Å². The second-order valence-electron chi connectivity index (χ2n) is 2.97. The van der Waals surface area contributed by atoms with Crippen LogP contribution in [0.2, 0.25) is 0 Å². The molecule has 1 N–H and O–H groups in total. The predicted molar refractivity (Wildman–Crippen MR) is 33.0 cm³/mol. The quantitative estimate of drug-likeness (QED) is 0.466. The zero-order valence-corrected chi connectivity index (χ0v) is 5.26. The van der Waals surface area contributed by atoms with Crippen LogP contribution in [0.1, 0.15) is 6.42 Å². The van der Waals surface area contributed by atoms with Crippen LogP contribution in [0, 0.1) is 0 Å². The molecule has 0 radical (unpaired) electrons. The summed E-state index contributed by atoms with van der Waals surface area (Å²) in [6.45, 7) is 2.99. The standard InChI is InChI=1S/C6H10N2O/c9-5-8-3-6(4-8)1-2-7-6/h5,7H,1-4H2. The number of likely N-dealkylation sites (tertiary alicyclic amines) is 1. The molecule has 1 amide bonds. The molecule has 2 aliphatic heterocycles. The lowest BCUT2D eigenvalue weighted by Crippen LogP contribution is -2.75. The van der Waals surface area contributed by atoms with Gasteiger partial charge in [0.1, 0.15) is 0 Å². The first kappa shape index (κ1) is 5.23. The minimum Gasteiger partial charge on any atom is -0.341 e. The molecule has 2 rings (SSSR count). The maximum absolute atomic E-state index is 10.1. The lowest BCUT2D eigenvalue weighted by molar-refractivity contribution is -0.128. The van der Waals surface area contributed by atoms with Crippen LogP contribution in [-0.4, -0.2) is 36.5 Å². The van der Waals surface area contributed by atoms with E-state index < -0.39 is 0 Å². The smallest absolute Gasteiger partial charge is 0.209 e. The van der Waals surface area contributed by atoms with E-state index in [1.807, 2.05) is 0 Å². The molecule has 0 atom stereocenters. The molecule has 50 valence electrons. The van der Waals surface area contributed by atoms with E-state index in [0.717, 1.165) is 26.0 Å². The second-order valence-corrected chi connectivity index (χ2v) is 2.97. The summed E-state index contributed by atoms with van der Waals surface area (Å²) >= 11 is 0. The van der Waals surface area contributed by atoms with Gasteiger partial charge in [-0.15, -0.1) is 0 Å². The number of amides is 1. The van der Waals surface area contributed by atoms with Gasteiger partial charge in [-0.1, -0.05) is 0 Å². The summed E-state index contributed by atoms with van der Waals surface area (Å²) in [7, 11) is 0. The zero-order valence-electron chi connectivity index (χ0n) is 5.26. The Hall–Kier alpha value is -0.570. The Morgan fingerprint density at radius 1 is 1.56 bits per heavy atom. The lowest BCUT2D eigenvalue weighted by Gasteiger charge is -2.55. The van der Waals surface area contributed by atoms with Gasteiger partial charge >= 0.3 is 0 Å². The second kappa shape index (κ2) is 1.48. The van der Waals surface area contributed by atoms with Crippen LogP contribution in [0.5, 0.6) is 0 Å². The van der Waals surface area contributed by atoms with E-state index in [9.17, 15) is 4.79 Å². The van der Waals surface area contributed by atoms with E-state index in [2.05, 4.69) is 5.32 Å². The van der Waals surface area contributed by atoms with E-state index in [1.165, 1.54) is 6.42 Å². The summed E-state index contributed by atoms with van der Waals surface area (Å²) in [6.07, 6.45) is 2.17. The van der Waals surface area contributed by atoms with Crippen LogP contribution in [0.3, 0.4) is 0 Å². The van der Waals surface area contributed by atoms with E-state index in [0.29, 0.717) is 5.54 Å². The van der Waals surface area contributed by atoms with Gasteiger partial charge in [0.25, 0.3) is 0 Å². The summed E-state index contributed by atoms with van der Waals surface area (Å²) in [5.41, 5.74) is 0.362. The van der Waals surface area contributed by atoms with Gasteiger partial charge in [0.15, 0.2) is 0 Å². The molecule has 0 unspecified atom stereocenters. The third kappa shape index (κ3) is 0.580. The Balaban J connectivity index is 1.88. The summed E-state index contributed by atoms with van der Waals surface area (Å²) < 4.78 is 0. The van der Waals surface area contributed by atoms with Gasteiger partial charge in [-0.3, -0.25) is 4.79 Å². The van der Waals surface area contributed by atoms with E-state index in [1.54, 1.807) is 4.90 Å². The van der Waals surface area contributed by atoms with Crippen LogP contribution in [0.4, 0.5) is 0 Å². The molecule has 3 heteroatoms. The largest absolute Gasteiger partial charge is 0.341 e. The van der Waals surface area contributed by atoms with Crippen molar-refractivity contribution in [1.29, 1.82) is 0 Å². The molecule has 0 aromatic rings. The van der Waals surface area contributed by atoms with Gasteiger partial charge < -0.3 is 10.2 Å². The number of nitrogens with one attached hydrogen (secondary N) is 1. The molecular weight excluding hydrogens is 116 g/mol. The maximum Gasteiger partial charge on any atom is 0.209 e. The van der Waals surface area contributed by atoms with Crippen LogP contribution >= 0.6 is 0 Å². The summed E-state index contributed by atoms with van der Waals surface area (Å²) in [5, 5.41) is 3.32. The fourth-order valence-corrected chi connectivity index (χ4v) is 1.55. The highest BCUT2D eigenvalue weighted by atomic mass is 16.1. The van der Waals surface area contributed by atoms with Crippen LogP contribution < -0.4 is 5.32 Å². The first-order chi connectivity index (χ1) is 4.35. The number of nitrogens with zero attached hydrogens (tertiary/aromatic N) is 1. The molecule has 3 nitrogen and oxygen atoms in total. The van der Waals surface area contributed by atoms with Crippen LogP contribution in [0.15, 0.2) is 0 Å². The Morgan fingerprint density at radius 3 is 2.56 bits per heavy atom. The molecule has 1 spiro atoms. The molecule has 0 aromatic carbocycles. The molecule has 9 heavy (non-hydrogen) atoms. The minimum absolute atomic E-state index is 0.362. The average molecular weight is 126 g/mol. The van der Waals surface area contributed by atoms with Crippen molar-refractivity contribution >= 4 is 6.41 Å². The van der Waals surface area contributed by atoms with E-state index in [-0.39, 0.29) is 0 Å². The highest BCUT2D eigenvalue weighted by Crippen LogP contribution is 2.28. The predicted octanol–water partition coefficient (Wildman–Crippen LogP) is -0.809. The number of hydrogen-bond acceptors (Lipinski definition) is 2. The molecule has 0 bridgehead atoms. The van der Waals surface area contributed by atoms with Gasteiger partial charge in [-0.25, -0.2) is 0 Å². The van der Waals surface area contributed by atoms with Gasteiger partial charge in [-0.05, 0) is 13.0 Å². The Kier molecular flexibility index (Phi) is 0.858. The highest BCUT2D eigenvalue weighted by Gasteiger charge is 2.46. The molecule has 2 fully saturated rings. The van der Waals surface area contributed by atoms with Crippen molar-refractivity contribution in [2.24, 2.45) is 0 Å². The molecule has 0 aliphatic carbocycles. The molecule has 2 aliphatic rings. The Labute approximate surface area is 54.0 Å². The molecule has 2 saturated heterocycles. The van der Waals surface area contributed by atoms with Crippen molar-refractivity contribution in [2.75, 3.05) is 19.6 Å². The topological polar surface area (TPSA) is 32.3 Å².